The molecule has 1 nitrogen and oxygen atoms in total. The van der Waals surface area contributed by atoms with Gasteiger partial charge in [-0.05, 0) is 24.5 Å². The summed E-state index contributed by atoms with van der Waals surface area (Å²) in [6, 6.07) is 3.86. The lowest BCUT2D eigenvalue weighted by Gasteiger charge is -2.22. The Kier molecular flexibility index (Phi) is 6.39. The van der Waals surface area contributed by atoms with Crippen molar-refractivity contribution < 1.29 is 18.3 Å². The standard InChI is InChI=1S/C12H15F3O.C2H6/c1-7(2)9-5-4-6-10(11(9)13)12(14,15)8(3)16;1-2/h4-8,16H,1-3H3;1-2H3. The van der Waals surface area contributed by atoms with Crippen LogP contribution in [-0.4, -0.2) is 11.2 Å². The number of benzene rings is 1. The smallest absolute Gasteiger partial charge is 0.301 e. The Bertz CT molecular complexity index is 373. The highest BCUT2D eigenvalue weighted by Crippen LogP contribution is 2.35. The van der Waals surface area contributed by atoms with Crippen molar-refractivity contribution in [3.05, 3.63) is 35.1 Å². The first-order valence-electron chi connectivity index (χ1n) is 6.13. The normalized spacial score (nSPS) is 13.0. The van der Waals surface area contributed by atoms with Crippen LogP contribution in [0.5, 0.6) is 0 Å². The second kappa shape index (κ2) is 6.78. The molecule has 1 unspecified atom stereocenters. The molecule has 0 radical (unpaired) electrons. The van der Waals surface area contributed by atoms with Crippen LogP contribution in [0, 0.1) is 5.82 Å². The molecule has 0 aliphatic rings. The van der Waals surface area contributed by atoms with E-state index >= 15 is 0 Å². The summed E-state index contributed by atoms with van der Waals surface area (Å²) < 4.78 is 40.8. The summed E-state index contributed by atoms with van der Waals surface area (Å²) in [5.41, 5.74) is -0.508. The van der Waals surface area contributed by atoms with Gasteiger partial charge in [0.1, 0.15) is 11.9 Å². The molecule has 1 atom stereocenters. The van der Waals surface area contributed by atoms with E-state index < -0.39 is 23.4 Å². The molecule has 0 spiro atoms. The predicted octanol–water partition coefficient (Wildman–Crippen LogP) is 4.45. The van der Waals surface area contributed by atoms with Gasteiger partial charge in [-0.25, -0.2) is 4.39 Å². The van der Waals surface area contributed by atoms with E-state index in [0.717, 1.165) is 13.0 Å². The Morgan fingerprint density at radius 1 is 1.11 bits per heavy atom. The van der Waals surface area contributed by atoms with Gasteiger partial charge < -0.3 is 5.11 Å². The molecule has 0 aliphatic heterocycles. The first-order chi connectivity index (χ1) is 8.28. The molecule has 0 aromatic heterocycles. The summed E-state index contributed by atoms with van der Waals surface area (Å²) in [5.74, 6) is -4.66. The topological polar surface area (TPSA) is 20.2 Å². The van der Waals surface area contributed by atoms with Gasteiger partial charge in [-0.3, -0.25) is 0 Å². The summed E-state index contributed by atoms with van der Waals surface area (Å²) in [6.07, 6.45) is -1.91. The molecule has 0 heterocycles. The van der Waals surface area contributed by atoms with Gasteiger partial charge in [0.15, 0.2) is 0 Å². The number of alkyl halides is 2. The van der Waals surface area contributed by atoms with Gasteiger partial charge in [0.2, 0.25) is 0 Å². The maximum absolute atomic E-state index is 13.8. The Morgan fingerprint density at radius 2 is 1.61 bits per heavy atom. The molecular weight excluding hydrogens is 241 g/mol. The maximum Gasteiger partial charge on any atom is 0.301 e. The van der Waals surface area contributed by atoms with Crippen LogP contribution in [0.25, 0.3) is 0 Å². The summed E-state index contributed by atoms with van der Waals surface area (Å²) in [4.78, 5) is 0. The minimum absolute atomic E-state index is 0.176. The third kappa shape index (κ3) is 3.48. The lowest BCUT2D eigenvalue weighted by Crippen LogP contribution is -2.29. The largest absolute Gasteiger partial charge is 0.387 e. The van der Waals surface area contributed by atoms with Crippen molar-refractivity contribution in [3.8, 4) is 0 Å². The summed E-state index contributed by atoms with van der Waals surface area (Å²) in [6.45, 7) is 8.40. The van der Waals surface area contributed by atoms with Gasteiger partial charge in [-0.15, -0.1) is 0 Å². The van der Waals surface area contributed by atoms with Crippen LogP contribution >= 0.6 is 0 Å². The molecule has 4 heteroatoms. The average molecular weight is 262 g/mol. The van der Waals surface area contributed by atoms with Crippen molar-refractivity contribution in [3.63, 3.8) is 0 Å². The molecule has 1 aromatic rings. The van der Waals surface area contributed by atoms with Gasteiger partial charge >= 0.3 is 5.92 Å². The van der Waals surface area contributed by atoms with Gasteiger partial charge in [0.05, 0.1) is 5.56 Å². The average Bonchev–Trinajstić information content (AvgIpc) is 2.31. The first kappa shape index (κ1) is 17.0. The molecule has 0 fully saturated rings. The molecule has 0 saturated heterocycles. The minimum Gasteiger partial charge on any atom is -0.387 e. The van der Waals surface area contributed by atoms with Gasteiger partial charge in [0.25, 0.3) is 0 Å². The third-order valence-corrected chi connectivity index (χ3v) is 2.53. The second-order valence-electron chi connectivity index (χ2n) is 4.16. The Hall–Kier alpha value is -1.03. The van der Waals surface area contributed by atoms with E-state index in [2.05, 4.69) is 0 Å². The summed E-state index contributed by atoms with van der Waals surface area (Å²) in [7, 11) is 0. The van der Waals surface area contributed by atoms with Crippen molar-refractivity contribution in [1.82, 2.24) is 0 Å². The molecule has 1 aromatic carbocycles. The van der Waals surface area contributed by atoms with Crippen molar-refractivity contribution in [2.24, 2.45) is 0 Å². The van der Waals surface area contributed by atoms with Crippen LogP contribution in [0.4, 0.5) is 13.2 Å². The van der Waals surface area contributed by atoms with Crippen molar-refractivity contribution >= 4 is 0 Å². The fourth-order valence-corrected chi connectivity index (χ4v) is 1.48. The fraction of sp³-hybridized carbons (Fsp3) is 0.571. The highest BCUT2D eigenvalue weighted by molar-refractivity contribution is 5.31. The number of aliphatic hydroxyl groups is 1. The molecule has 18 heavy (non-hydrogen) atoms. The predicted molar refractivity (Wildman–Crippen MR) is 67.4 cm³/mol. The molecule has 0 aliphatic carbocycles. The van der Waals surface area contributed by atoms with Crippen LogP contribution in [-0.2, 0) is 5.92 Å². The Morgan fingerprint density at radius 3 is 2.00 bits per heavy atom. The SMILES string of the molecule is CC.CC(C)c1cccc(C(F)(F)C(C)O)c1F. The molecular formula is C14H21F3O. The van der Waals surface area contributed by atoms with E-state index in [-0.39, 0.29) is 11.5 Å². The van der Waals surface area contributed by atoms with Crippen LogP contribution in [0.3, 0.4) is 0 Å². The van der Waals surface area contributed by atoms with Crippen molar-refractivity contribution in [2.45, 2.75) is 52.6 Å². The maximum atomic E-state index is 13.8. The van der Waals surface area contributed by atoms with Gasteiger partial charge in [-0.2, -0.15) is 8.78 Å². The van der Waals surface area contributed by atoms with Crippen LogP contribution in [0.1, 0.15) is 51.7 Å². The quantitative estimate of drug-likeness (QED) is 0.853. The highest BCUT2D eigenvalue weighted by atomic mass is 19.3. The monoisotopic (exact) mass is 262 g/mol. The zero-order chi connectivity index (χ0) is 14.5. The van der Waals surface area contributed by atoms with E-state index in [1.165, 1.54) is 12.1 Å². The second-order valence-corrected chi connectivity index (χ2v) is 4.16. The molecule has 0 saturated carbocycles. The third-order valence-electron chi connectivity index (χ3n) is 2.53. The van der Waals surface area contributed by atoms with Crippen LogP contribution in [0.15, 0.2) is 18.2 Å². The van der Waals surface area contributed by atoms with E-state index in [1.807, 2.05) is 13.8 Å². The first-order valence-corrected chi connectivity index (χ1v) is 6.13. The molecule has 1 rings (SSSR count). The Balaban J connectivity index is 0.00000137. The number of aliphatic hydroxyl groups excluding tert-OH is 1. The molecule has 0 bridgehead atoms. The lowest BCUT2D eigenvalue weighted by atomic mass is 9.95. The number of halogens is 3. The minimum atomic E-state index is -3.56. The number of hydrogen-bond acceptors (Lipinski definition) is 1. The summed E-state index contributed by atoms with van der Waals surface area (Å²) >= 11 is 0. The molecule has 104 valence electrons. The molecule has 1 N–H and O–H groups in total. The van der Waals surface area contributed by atoms with Gasteiger partial charge in [0, 0.05) is 0 Å². The van der Waals surface area contributed by atoms with E-state index in [4.69, 9.17) is 5.11 Å². The highest BCUT2D eigenvalue weighted by Gasteiger charge is 2.40. The zero-order valence-electron chi connectivity index (χ0n) is 11.5. The number of hydrogen-bond donors (Lipinski definition) is 1. The van der Waals surface area contributed by atoms with E-state index in [0.29, 0.717) is 0 Å². The fourth-order valence-electron chi connectivity index (χ4n) is 1.48. The van der Waals surface area contributed by atoms with Crippen LogP contribution in [0.2, 0.25) is 0 Å². The van der Waals surface area contributed by atoms with Crippen molar-refractivity contribution in [2.75, 3.05) is 0 Å². The zero-order valence-corrected chi connectivity index (χ0v) is 11.5. The summed E-state index contributed by atoms with van der Waals surface area (Å²) in [5, 5.41) is 8.97. The lowest BCUT2D eigenvalue weighted by molar-refractivity contribution is -0.108. The Labute approximate surface area is 107 Å². The van der Waals surface area contributed by atoms with Crippen LogP contribution < -0.4 is 0 Å². The van der Waals surface area contributed by atoms with E-state index in [9.17, 15) is 13.2 Å². The van der Waals surface area contributed by atoms with Gasteiger partial charge in [-0.1, -0.05) is 39.8 Å². The molecule has 0 amide bonds. The van der Waals surface area contributed by atoms with Crippen molar-refractivity contribution in [1.29, 1.82) is 0 Å². The number of rotatable bonds is 3. The van der Waals surface area contributed by atoms with E-state index in [1.54, 1.807) is 13.8 Å².